The number of imide groups is 1. The van der Waals surface area contributed by atoms with E-state index in [4.69, 9.17) is 4.74 Å². The summed E-state index contributed by atoms with van der Waals surface area (Å²) in [5.41, 5.74) is 0. The van der Waals surface area contributed by atoms with E-state index in [0.717, 1.165) is 30.6 Å². The number of thioether (sulfide) groups is 1. The molecule has 2 aliphatic heterocycles. The fraction of sp³-hybridized carbons (Fsp3) is 0.611. The second-order valence-electron chi connectivity index (χ2n) is 6.10. The van der Waals surface area contributed by atoms with Gasteiger partial charge in [0, 0.05) is 25.3 Å². The van der Waals surface area contributed by atoms with Gasteiger partial charge in [-0.25, -0.2) is 0 Å². The lowest BCUT2D eigenvalue weighted by atomic mass is 9.91. The van der Waals surface area contributed by atoms with Crippen LogP contribution in [-0.4, -0.2) is 35.8 Å². The molecule has 2 heterocycles. The Morgan fingerprint density at radius 3 is 2.75 bits per heavy atom. The van der Waals surface area contributed by atoms with Crippen molar-refractivity contribution >= 4 is 29.5 Å². The molecule has 0 aromatic heterocycles. The summed E-state index contributed by atoms with van der Waals surface area (Å²) >= 11 is 1.53. The summed E-state index contributed by atoms with van der Waals surface area (Å²) in [4.78, 5) is 38.2. The van der Waals surface area contributed by atoms with Gasteiger partial charge in [0.25, 0.3) is 0 Å². The van der Waals surface area contributed by atoms with Gasteiger partial charge >= 0.3 is 5.97 Å². The minimum Gasteiger partial charge on any atom is -0.466 e. The van der Waals surface area contributed by atoms with Crippen molar-refractivity contribution in [2.45, 2.75) is 45.4 Å². The third-order valence-electron chi connectivity index (χ3n) is 4.41. The third-order valence-corrected chi connectivity index (χ3v) is 5.28. The number of nitrogens with zero attached hydrogens (tertiary/aromatic N) is 1. The quantitative estimate of drug-likeness (QED) is 0.362. The lowest BCUT2D eigenvalue weighted by molar-refractivity contribution is -0.143. The van der Waals surface area contributed by atoms with Crippen LogP contribution >= 0.6 is 11.8 Å². The lowest BCUT2D eigenvalue weighted by Gasteiger charge is -2.18. The van der Waals surface area contributed by atoms with Crippen LogP contribution in [0.15, 0.2) is 23.0 Å². The molecule has 24 heavy (non-hydrogen) atoms. The number of ether oxygens (including phenoxy) is 1. The van der Waals surface area contributed by atoms with Crippen molar-refractivity contribution in [3.63, 3.8) is 0 Å². The van der Waals surface area contributed by atoms with E-state index < -0.39 is 0 Å². The van der Waals surface area contributed by atoms with E-state index in [9.17, 15) is 14.4 Å². The Bertz CT molecular complexity index is 543. The average molecular weight is 351 g/mol. The number of rotatable bonds is 9. The Balaban J connectivity index is 1.68. The molecule has 0 spiro atoms. The summed E-state index contributed by atoms with van der Waals surface area (Å²) in [6.45, 7) is 6.66. The molecular formula is C18H25NO4S. The number of unbranched alkanes of at least 4 members (excludes halogenated alkanes) is 3. The van der Waals surface area contributed by atoms with Crippen LogP contribution < -0.4 is 0 Å². The SMILES string of the molecule is C=C1SC=CC1C1CC(=O)N(CCCCCCC(=O)OCC)C1=O. The van der Waals surface area contributed by atoms with Crippen LogP contribution in [0.25, 0.3) is 0 Å². The van der Waals surface area contributed by atoms with Crippen LogP contribution in [0, 0.1) is 11.8 Å². The van der Waals surface area contributed by atoms with Crippen molar-refractivity contribution < 1.29 is 19.1 Å². The topological polar surface area (TPSA) is 63.7 Å². The van der Waals surface area contributed by atoms with Gasteiger partial charge in [0.05, 0.1) is 12.5 Å². The third kappa shape index (κ3) is 4.72. The van der Waals surface area contributed by atoms with Gasteiger partial charge in [0.15, 0.2) is 0 Å². The predicted molar refractivity (Wildman–Crippen MR) is 93.9 cm³/mol. The summed E-state index contributed by atoms with van der Waals surface area (Å²) < 4.78 is 4.88. The lowest BCUT2D eigenvalue weighted by Crippen LogP contribution is -2.32. The number of carbonyl (C=O) groups is 3. The van der Waals surface area contributed by atoms with E-state index in [1.807, 2.05) is 11.5 Å². The normalized spacial score (nSPS) is 23.4. The van der Waals surface area contributed by atoms with E-state index in [-0.39, 0.29) is 36.0 Å². The highest BCUT2D eigenvalue weighted by atomic mass is 32.2. The monoisotopic (exact) mass is 351 g/mol. The summed E-state index contributed by atoms with van der Waals surface area (Å²) in [6.07, 6.45) is 6.06. The average Bonchev–Trinajstić information content (AvgIpc) is 3.08. The molecule has 1 fully saturated rings. The summed E-state index contributed by atoms with van der Waals surface area (Å²) in [6, 6.07) is 0. The Hall–Kier alpha value is -1.56. The van der Waals surface area contributed by atoms with E-state index >= 15 is 0 Å². The van der Waals surface area contributed by atoms with Crippen molar-refractivity contribution in [2.24, 2.45) is 11.8 Å². The van der Waals surface area contributed by atoms with Crippen LogP contribution in [-0.2, 0) is 19.1 Å². The number of likely N-dealkylation sites (tertiary alicyclic amines) is 1. The molecule has 0 bridgehead atoms. The van der Waals surface area contributed by atoms with Gasteiger partial charge in [-0.05, 0) is 30.1 Å². The first kappa shape index (κ1) is 18.8. The predicted octanol–water partition coefficient (Wildman–Crippen LogP) is 3.27. The molecule has 132 valence electrons. The van der Waals surface area contributed by atoms with Crippen molar-refractivity contribution in [3.8, 4) is 0 Å². The largest absolute Gasteiger partial charge is 0.466 e. The van der Waals surface area contributed by atoms with Crippen LogP contribution in [0.2, 0.25) is 0 Å². The molecule has 0 aromatic rings. The zero-order valence-corrected chi connectivity index (χ0v) is 15.0. The maximum atomic E-state index is 12.5. The second kappa shape index (κ2) is 9.06. The maximum absolute atomic E-state index is 12.5. The Morgan fingerprint density at radius 2 is 2.08 bits per heavy atom. The summed E-state index contributed by atoms with van der Waals surface area (Å²) in [5, 5.41) is 1.94. The smallest absolute Gasteiger partial charge is 0.305 e. The molecule has 1 saturated heterocycles. The van der Waals surface area contributed by atoms with Crippen LogP contribution in [0.1, 0.15) is 45.4 Å². The first-order valence-electron chi connectivity index (χ1n) is 8.56. The van der Waals surface area contributed by atoms with Gasteiger partial charge in [0.1, 0.15) is 0 Å². The fourth-order valence-corrected chi connectivity index (χ4v) is 3.93. The molecule has 2 unspecified atom stereocenters. The Morgan fingerprint density at radius 1 is 1.33 bits per heavy atom. The van der Waals surface area contributed by atoms with Crippen molar-refractivity contribution in [3.05, 3.63) is 23.0 Å². The molecule has 0 N–H and O–H groups in total. The minimum atomic E-state index is -0.278. The minimum absolute atomic E-state index is 0.0129. The molecule has 0 aliphatic carbocycles. The zero-order valence-electron chi connectivity index (χ0n) is 14.2. The van der Waals surface area contributed by atoms with E-state index in [2.05, 4.69) is 6.58 Å². The van der Waals surface area contributed by atoms with Gasteiger partial charge in [-0.15, -0.1) is 11.8 Å². The summed E-state index contributed by atoms with van der Waals surface area (Å²) in [7, 11) is 0. The molecule has 6 heteroatoms. The van der Waals surface area contributed by atoms with Gasteiger partial charge in [-0.1, -0.05) is 25.5 Å². The van der Waals surface area contributed by atoms with E-state index in [1.165, 1.54) is 16.7 Å². The number of esters is 1. The zero-order chi connectivity index (χ0) is 17.5. The molecule has 2 atom stereocenters. The molecule has 2 rings (SSSR count). The number of amides is 2. The molecule has 0 aromatic carbocycles. The molecular weight excluding hydrogens is 326 g/mol. The number of hydrogen-bond acceptors (Lipinski definition) is 5. The Kier molecular flexibility index (Phi) is 7.09. The highest BCUT2D eigenvalue weighted by Crippen LogP contribution is 2.41. The van der Waals surface area contributed by atoms with Crippen molar-refractivity contribution in [1.29, 1.82) is 0 Å². The molecule has 5 nitrogen and oxygen atoms in total. The van der Waals surface area contributed by atoms with Crippen LogP contribution in [0.3, 0.4) is 0 Å². The van der Waals surface area contributed by atoms with Crippen LogP contribution in [0.4, 0.5) is 0 Å². The van der Waals surface area contributed by atoms with E-state index in [1.54, 1.807) is 6.92 Å². The summed E-state index contributed by atoms with van der Waals surface area (Å²) in [5.74, 6) is -0.589. The van der Waals surface area contributed by atoms with E-state index in [0.29, 0.717) is 19.6 Å². The molecule has 0 saturated carbocycles. The number of hydrogen-bond donors (Lipinski definition) is 0. The highest BCUT2D eigenvalue weighted by molar-refractivity contribution is 8.06. The number of carbonyl (C=O) groups excluding carboxylic acids is 3. The maximum Gasteiger partial charge on any atom is 0.305 e. The van der Waals surface area contributed by atoms with Gasteiger partial charge in [-0.3, -0.25) is 19.3 Å². The molecule has 2 aliphatic rings. The fourth-order valence-electron chi connectivity index (χ4n) is 3.11. The highest BCUT2D eigenvalue weighted by Gasteiger charge is 2.43. The van der Waals surface area contributed by atoms with Crippen molar-refractivity contribution in [2.75, 3.05) is 13.2 Å². The number of allylic oxidation sites excluding steroid dienone is 2. The standard InChI is InChI=1S/C18H25NO4S/c1-3-23-17(21)8-6-4-5-7-10-19-16(20)12-15(18(19)22)14-9-11-24-13(14)2/h9,11,14-15H,2-8,10,12H2,1H3. The van der Waals surface area contributed by atoms with Gasteiger partial charge < -0.3 is 4.74 Å². The second-order valence-corrected chi connectivity index (χ2v) is 7.13. The van der Waals surface area contributed by atoms with Crippen LogP contribution in [0.5, 0.6) is 0 Å². The first-order chi connectivity index (χ1) is 11.5. The van der Waals surface area contributed by atoms with Crippen molar-refractivity contribution in [1.82, 2.24) is 4.90 Å². The Labute approximate surface area is 147 Å². The van der Waals surface area contributed by atoms with Gasteiger partial charge in [-0.2, -0.15) is 0 Å². The molecule has 0 radical (unpaired) electrons. The van der Waals surface area contributed by atoms with Gasteiger partial charge in [0.2, 0.25) is 11.8 Å². The molecule has 2 amide bonds. The first-order valence-corrected chi connectivity index (χ1v) is 9.44.